The number of carboxylic acid groups (broad SMARTS) is 1. The van der Waals surface area contributed by atoms with Gasteiger partial charge in [-0.25, -0.2) is 4.79 Å². The van der Waals surface area contributed by atoms with Crippen LogP contribution in [-0.2, 0) is 4.79 Å². The number of rotatable bonds is 7. The maximum absolute atomic E-state index is 11.9. The topological polar surface area (TPSA) is 94.1 Å². The molecule has 0 saturated heterocycles. The van der Waals surface area contributed by atoms with Gasteiger partial charge >= 0.3 is 5.97 Å². The first kappa shape index (κ1) is 17.1. The first-order valence-electron chi connectivity index (χ1n) is 7.01. The number of carbonyl (C=O) groups is 2. The van der Waals surface area contributed by atoms with Gasteiger partial charge in [0.1, 0.15) is 22.8 Å². The maximum Gasteiger partial charge on any atom is 0.339 e. The van der Waals surface area contributed by atoms with E-state index in [1.54, 1.807) is 31.4 Å². The van der Waals surface area contributed by atoms with Crippen LogP contribution in [0.4, 0.5) is 5.69 Å². The largest absolute Gasteiger partial charge is 0.497 e. The number of aromatic carboxylic acids is 1. The molecule has 2 aromatic rings. The van der Waals surface area contributed by atoms with Crippen molar-refractivity contribution in [2.75, 3.05) is 26.1 Å². The van der Waals surface area contributed by atoms with Crippen LogP contribution < -0.4 is 19.5 Å². The number of methoxy groups -OCH3 is 2. The van der Waals surface area contributed by atoms with Crippen molar-refractivity contribution < 1.29 is 28.9 Å². The summed E-state index contributed by atoms with van der Waals surface area (Å²) in [6, 6.07) is 11.1. The van der Waals surface area contributed by atoms with Crippen molar-refractivity contribution >= 4 is 17.6 Å². The molecule has 1 amide bonds. The summed E-state index contributed by atoms with van der Waals surface area (Å²) in [5, 5.41) is 11.8. The minimum Gasteiger partial charge on any atom is -0.497 e. The number of hydrogen-bond donors (Lipinski definition) is 2. The van der Waals surface area contributed by atoms with E-state index in [0.717, 1.165) is 0 Å². The van der Waals surface area contributed by atoms with Gasteiger partial charge in [-0.05, 0) is 36.4 Å². The predicted octanol–water partition coefficient (Wildman–Crippen LogP) is 2.42. The summed E-state index contributed by atoms with van der Waals surface area (Å²) in [5.41, 5.74) is 0.529. The van der Waals surface area contributed by atoms with Gasteiger partial charge in [0.2, 0.25) is 0 Å². The number of amides is 1. The molecule has 0 atom stereocenters. The summed E-state index contributed by atoms with van der Waals surface area (Å²) in [6.07, 6.45) is 0. The molecule has 24 heavy (non-hydrogen) atoms. The summed E-state index contributed by atoms with van der Waals surface area (Å²) in [4.78, 5) is 23.1. The molecule has 7 heteroatoms. The van der Waals surface area contributed by atoms with Crippen LogP contribution in [0.2, 0.25) is 0 Å². The van der Waals surface area contributed by atoms with Crippen molar-refractivity contribution in [2.24, 2.45) is 0 Å². The average Bonchev–Trinajstić information content (AvgIpc) is 2.60. The average molecular weight is 331 g/mol. The molecule has 0 heterocycles. The van der Waals surface area contributed by atoms with Gasteiger partial charge in [-0.15, -0.1) is 0 Å². The smallest absolute Gasteiger partial charge is 0.339 e. The SMILES string of the molecule is COc1ccc(NC(=O)COc2cc(OC)ccc2C(=O)O)cc1. The van der Waals surface area contributed by atoms with Crippen LogP contribution in [0.15, 0.2) is 42.5 Å². The van der Waals surface area contributed by atoms with Crippen LogP contribution in [0.5, 0.6) is 17.2 Å². The summed E-state index contributed by atoms with van der Waals surface area (Å²) in [7, 11) is 3.01. The highest BCUT2D eigenvalue weighted by molar-refractivity contribution is 5.93. The van der Waals surface area contributed by atoms with Crippen molar-refractivity contribution in [2.45, 2.75) is 0 Å². The predicted molar refractivity (Wildman–Crippen MR) is 87.1 cm³/mol. The third-order valence-electron chi connectivity index (χ3n) is 3.15. The fourth-order valence-corrected chi connectivity index (χ4v) is 1.94. The Morgan fingerprint density at radius 1 is 1.00 bits per heavy atom. The molecular formula is C17H17NO6. The van der Waals surface area contributed by atoms with Gasteiger partial charge in [0.15, 0.2) is 6.61 Å². The first-order valence-corrected chi connectivity index (χ1v) is 7.01. The van der Waals surface area contributed by atoms with E-state index >= 15 is 0 Å². The number of ether oxygens (including phenoxy) is 3. The van der Waals surface area contributed by atoms with Crippen LogP contribution in [0.1, 0.15) is 10.4 Å². The molecular weight excluding hydrogens is 314 g/mol. The molecule has 0 aliphatic rings. The quantitative estimate of drug-likeness (QED) is 0.809. The summed E-state index contributed by atoms with van der Waals surface area (Å²) in [6.45, 7) is -0.334. The fraction of sp³-hybridized carbons (Fsp3) is 0.176. The Kier molecular flexibility index (Phi) is 5.62. The Hall–Kier alpha value is -3.22. The minimum absolute atomic E-state index is 0.0481. The van der Waals surface area contributed by atoms with Gasteiger partial charge in [-0.1, -0.05) is 0 Å². The zero-order chi connectivity index (χ0) is 17.5. The van der Waals surface area contributed by atoms with Crippen molar-refractivity contribution in [1.82, 2.24) is 0 Å². The van der Waals surface area contributed by atoms with E-state index in [1.165, 1.54) is 25.3 Å². The fourth-order valence-electron chi connectivity index (χ4n) is 1.94. The van der Waals surface area contributed by atoms with Gasteiger partial charge in [-0.3, -0.25) is 4.79 Å². The molecule has 2 N–H and O–H groups in total. The lowest BCUT2D eigenvalue weighted by Crippen LogP contribution is -2.20. The summed E-state index contributed by atoms with van der Waals surface area (Å²) < 4.78 is 15.4. The van der Waals surface area contributed by atoms with E-state index in [4.69, 9.17) is 19.3 Å². The molecule has 0 fully saturated rings. The van der Waals surface area contributed by atoms with E-state index in [0.29, 0.717) is 17.2 Å². The van der Waals surface area contributed by atoms with Gasteiger partial charge in [0.25, 0.3) is 5.91 Å². The van der Waals surface area contributed by atoms with Crippen molar-refractivity contribution in [1.29, 1.82) is 0 Å². The number of anilines is 1. The molecule has 126 valence electrons. The highest BCUT2D eigenvalue weighted by atomic mass is 16.5. The lowest BCUT2D eigenvalue weighted by atomic mass is 10.2. The Morgan fingerprint density at radius 2 is 1.62 bits per heavy atom. The number of carbonyl (C=O) groups excluding carboxylic acids is 1. The van der Waals surface area contributed by atoms with Gasteiger partial charge < -0.3 is 24.6 Å². The van der Waals surface area contributed by atoms with E-state index < -0.39 is 11.9 Å². The Morgan fingerprint density at radius 3 is 2.21 bits per heavy atom. The second-order valence-electron chi connectivity index (χ2n) is 4.73. The monoisotopic (exact) mass is 331 g/mol. The summed E-state index contributed by atoms with van der Waals surface area (Å²) in [5.74, 6) is -0.397. The van der Waals surface area contributed by atoms with Crippen molar-refractivity contribution in [3.05, 3.63) is 48.0 Å². The van der Waals surface area contributed by atoms with E-state index in [-0.39, 0.29) is 17.9 Å². The van der Waals surface area contributed by atoms with Gasteiger partial charge in [0.05, 0.1) is 14.2 Å². The third kappa shape index (κ3) is 4.39. The molecule has 0 aromatic heterocycles. The highest BCUT2D eigenvalue weighted by Gasteiger charge is 2.14. The normalized spacial score (nSPS) is 9.92. The van der Waals surface area contributed by atoms with Crippen molar-refractivity contribution in [3.63, 3.8) is 0 Å². The standard InChI is InChI=1S/C17H17NO6/c1-22-12-5-3-11(4-6-12)18-16(19)10-24-15-9-13(23-2)7-8-14(15)17(20)21/h3-9H,10H2,1-2H3,(H,18,19)(H,20,21). The molecule has 7 nitrogen and oxygen atoms in total. The molecule has 0 spiro atoms. The minimum atomic E-state index is -1.15. The second-order valence-corrected chi connectivity index (χ2v) is 4.73. The van der Waals surface area contributed by atoms with Crippen molar-refractivity contribution in [3.8, 4) is 17.2 Å². The highest BCUT2D eigenvalue weighted by Crippen LogP contribution is 2.25. The molecule has 2 rings (SSSR count). The maximum atomic E-state index is 11.9. The van der Waals surface area contributed by atoms with E-state index in [9.17, 15) is 9.59 Å². The van der Waals surface area contributed by atoms with E-state index in [1.807, 2.05) is 0 Å². The van der Waals surface area contributed by atoms with Crippen LogP contribution >= 0.6 is 0 Å². The number of hydrogen-bond acceptors (Lipinski definition) is 5. The molecule has 2 aromatic carbocycles. The zero-order valence-corrected chi connectivity index (χ0v) is 13.2. The van der Waals surface area contributed by atoms with Crippen LogP contribution in [0.25, 0.3) is 0 Å². The van der Waals surface area contributed by atoms with E-state index in [2.05, 4.69) is 5.32 Å². The number of carboxylic acids is 1. The van der Waals surface area contributed by atoms with Crippen LogP contribution in [0.3, 0.4) is 0 Å². The molecule has 0 unspecified atom stereocenters. The first-order chi connectivity index (χ1) is 11.5. The van der Waals surface area contributed by atoms with Crippen LogP contribution in [-0.4, -0.2) is 37.8 Å². The van der Waals surface area contributed by atoms with Gasteiger partial charge in [0, 0.05) is 11.8 Å². The summed E-state index contributed by atoms with van der Waals surface area (Å²) >= 11 is 0. The Bertz CT molecular complexity index is 726. The number of nitrogens with one attached hydrogen (secondary N) is 1. The molecule has 0 aliphatic carbocycles. The zero-order valence-electron chi connectivity index (χ0n) is 13.2. The molecule has 0 aliphatic heterocycles. The Labute approximate surface area is 138 Å². The second kappa shape index (κ2) is 7.87. The lowest BCUT2D eigenvalue weighted by Gasteiger charge is -2.11. The number of benzene rings is 2. The molecule has 0 radical (unpaired) electrons. The lowest BCUT2D eigenvalue weighted by molar-refractivity contribution is -0.118. The van der Waals surface area contributed by atoms with Gasteiger partial charge in [-0.2, -0.15) is 0 Å². The molecule has 0 saturated carbocycles. The third-order valence-corrected chi connectivity index (χ3v) is 3.15. The van der Waals surface area contributed by atoms with Crippen LogP contribution in [0, 0.1) is 0 Å². The Balaban J connectivity index is 2.01. The molecule has 0 bridgehead atoms.